The molecule has 0 aliphatic heterocycles. The molecule has 3 aromatic carbocycles. The van der Waals surface area contributed by atoms with E-state index in [-0.39, 0.29) is 33.0 Å². The Kier molecular flexibility index (Phi) is 6.96. The molecule has 0 aliphatic carbocycles. The van der Waals surface area contributed by atoms with Crippen LogP contribution in [-0.2, 0) is 15.4 Å². The Hall–Kier alpha value is -2.83. The minimum absolute atomic E-state index is 0.0610. The molecule has 32 heavy (non-hydrogen) atoms. The van der Waals surface area contributed by atoms with Crippen LogP contribution < -0.4 is 10.0 Å². The van der Waals surface area contributed by atoms with Gasteiger partial charge in [-0.2, -0.15) is 0 Å². The SMILES string of the molecule is CC(NC(=O)c1ccc(NS(=O)(=O)c2ccccc2)c(Cl)c1)c1ccc(C(C)(C)C)cc1. The number of hydrogen-bond donors (Lipinski definition) is 2. The van der Waals surface area contributed by atoms with Crippen LogP contribution in [0.2, 0.25) is 5.02 Å². The van der Waals surface area contributed by atoms with Gasteiger partial charge in [0.25, 0.3) is 15.9 Å². The van der Waals surface area contributed by atoms with E-state index in [4.69, 9.17) is 11.6 Å². The normalized spacial score (nSPS) is 12.8. The fourth-order valence-electron chi connectivity index (χ4n) is 3.18. The summed E-state index contributed by atoms with van der Waals surface area (Å²) in [7, 11) is -3.77. The van der Waals surface area contributed by atoms with E-state index in [2.05, 4.69) is 42.9 Å². The molecule has 0 radical (unpaired) electrons. The molecule has 0 aromatic heterocycles. The molecule has 3 aromatic rings. The molecule has 0 aliphatic rings. The topological polar surface area (TPSA) is 75.3 Å². The fraction of sp³-hybridized carbons (Fsp3) is 0.240. The van der Waals surface area contributed by atoms with Gasteiger partial charge in [-0.05, 0) is 53.8 Å². The van der Waals surface area contributed by atoms with Crippen molar-refractivity contribution in [2.24, 2.45) is 0 Å². The predicted octanol–water partition coefficient (Wildman–Crippen LogP) is 5.93. The summed E-state index contributed by atoms with van der Waals surface area (Å²) < 4.78 is 27.5. The largest absolute Gasteiger partial charge is 0.346 e. The summed E-state index contributed by atoms with van der Waals surface area (Å²) >= 11 is 6.27. The highest BCUT2D eigenvalue weighted by molar-refractivity contribution is 7.92. The van der Waals surface area contributed by atoms with Crippen molar-refractivity contribution in [3.05, 3.63) is 94.5 Å². The first kappa shape index (κ1) is 23.8. The number of benzene rings is 3. The van der Waals surface area contributed by atoms with E-state index in [1.54, 1.807) is 24.3 Å². The molecule has 3 rings (SSSR count). The van der Waals surface area contributed by atoms with Crippen LogP contribution in [0.1, 0.15) is 55.2 Å². The van der Waals surface area contributed by atoms with Crippen molar-refractivity contribution in [1.29, 1.82) is 0 Å². The molecule has 0 saturated heterocycles. The van der Waals surface area contributed by atoms with Crippen LogP contribution in [0.3, 0.4) is 0 Å². The van der Waals surface area contributed by atoms with Crippen LogP contribution in [0.25, 0.3) is 0 Å². The third-order valence-corrected chi connectivity index (χ3v) is 6.85. The number of anilines is 1. The van der Waals surface area contributed by atoms with Crippen LogP contribution in [0.5, 0.6) is 0 Å². The fourth-order valence-corrected chi connectivity index (χ4v) is 4.56. The Balaban J connectivity index is 1.71. The molecular weight excluding hydrogens is 444 g/mol. The first-order chi connectivity index (χ1) is 15.0. The summed E-state index contributed by atoms with van der Waals surface area (Å²) in [5.41, 5.74) is 2.82. The van der Waals surface area contributed by atoms with E-state index >= 15 is 0 Å². The molecule has 1 unspecified atom stereocenters. The first-order valence-electron chi connectivity index (χ1n) is 10.3. The Labute approximate surface area is 194 Å². The Morgan fingerprint density at radius 1 is 0.938 bits per heavy atom. The van der Waals surface area contributed by atoms with Gasteiger partial charge < -0.3 is 5.32 Å². The van der Waals surface area contributed by atoms with Gasteiger partial charge >= 0.3 is 0 Å². The smallest absolute Gasteiger partial charge is 0.261 e. The summed E-state index contributed by atoms with van der Waals surface area (Å²) in [6, 6.07) is 20.5. The Morgan fingerprint density at radius 3 is 2.12 bits per heavy atom. The molecule has 1 amide bonds. The number of halogens is 1. The predicted molar refractivity (Wildman–Crippen MR) is 130 cm³/mol. The van der Waals surface area contributed by atoms with Crippen molar-refractivity contribution in [2.75, 3.05) is 4.72 Å². The van der Waals surface area contributed by atoms with Gasteiger partial charge in [0.2, 0.25) is 0 Å². The summed E-state index contributed by atoms with van der Waals surface area (Å²) in [6.45, 7) is 8.37. The van der Waals surface area contributed by atoms with Crippen LogP contribution >= 0.6 is 11.6 Å². The summed E-state index contributed by atoms with van der Waals surface area (Å²) in [4.78, 5) is 12.8. The molecule has 1 atom stereocenters. The second kappa shape index (κ2) is 9.35. The number of nitrogens with one attached hydrogen (secondary N) is 2. The van der Waals surface area contributed by atoms with E-state index in [9.17, 15) is 13.2 Å². The highest BCUT2D eigenvalue weighted by Gasteiger charge is 2.18. The number of sulfonamides is 1. The van der Waals surface area contributed by atoms with E-state index in [1.807, 2.05) is 19.1 Å². The molecule has 7 heteroatoms. The second-order valence-electron chi connectivity index (χ2n) is 8.68. The van der Waals surface area contributed by atoms with Crippen molar-refractivity contribution in [2.45, 2.75) is 44.0 Å². The number of rotatable bonds is 6. The highest BCUT2D eigenvalue weighted by Crippen LogP contribution is 2.27. The molecule has 5 nitrogen and oxygen atoms in total. The average molecular weight is 471 g/mol. The lowest BCUT2D eigenvalue weighted by atomic mass is 9.86. The lowest BCUT2D eigenvalue weighted by Crippen LogP contribution is -2.26. The van der Waals surface area contributed by atoms with Crippen molar-refractivity contribution in [3.8, 4) is 0 Å². The van der Waals surface area contributed by atoms with Crippen LogP contribution in [-0.4, -0.2) is 14.3 Å². The lowest BCUT2D eigenvalue weighted by molar-refractivity contribution is 0.0940. The molecular formula is C25H27ClN2O3S. The number of amides is 1. The molecule has 0 saturated carbocycles. The minimum atomic E-state index is -3.77. The zero-order valence-corrected chi connectivity index (χ0v) is 20.1. The third kappa shape index (κ3) is 5.69. The quantitative estimate of drug-likeness (QED) is 0.468. The van der Waals surface area contributed by atoms with Gasteiger partial charge in [-0.3, -0.25) is 9.52 Å². The number of carbonyl (C=O) groups excluding carboxylic acids is 1. The highest BCUT2D eigenvalue weighted by atomic mass is 35.5. The summed E-state index contributed by atoms with van der Waals surface area (Å²) in [6.07, 6.45) is 0. The van der Waals surface area contributed by atoms with Crippen LogP contribution in [0, 0.1) is 0 Å². The standard InChI is InChI=1S/C25H27ClN2O3S/c1-17(18-10-13-20(14-11-18)25(2,3)4)27-24(29)19-12-15-23(22(26)16-19)28-32(30,31)21-8-6-5-7-9-21/h5-17,28H,1-4H3,(H,27,29). The molecule has 0 spiro atoms. The van der Waals surface area contributed by atoms with Crippen molar-refractivity contribution >= 4 is 33.2 Å². The van der Waals surface area contributed by atoms with E-state index in [1.165, 1.54) is 29.8 Å². The van der Waals surface area contributed by atoms with Crippen molar-refractivity contribution < 1.29 is 13.2 Å². The van der Waals surface area contributed by atoms with Gasteiger partial charge in [0.15, 0.2) is 0 Å². The summed E-state index contributed by atoms with van der Waals surface area (Å²) in [5.74, 6) is -0.295. The zero-order chi connectivity index (χ0) is 23.5. The number of carbonyl (C=O) groups is 1. The van der Waals surface area contributed by atoms with Crippen molar-refractivity contribution in [1.82, 2.24) is 5.32 Å². The first-order valence-corrected chi connectivity index (χ1v) is 12.1. The Bertz CT molecular complexity index is 1200. The average Bonchev–Trinajstić information content (AvgIpc) is 2.75. The summed E-state index contributed by atoms with van der Waals surface area (Å²) in [5, 5.41) is 3.09. The number of hydrogen-bond acceptors (Lipinski definition) is 3. The molecule has 0 fully saturated rings. The molecule has 0 heterocycles. The van der Waals surface area contributed by atoms with E-state index in [0.29, 0.717) is 5.56 Å². The minimum Gasteiger partial charge on any atom is -0.346 e. The van der Waals surface area contributed by atoms with Crippen LogP contribution in [0.15, 0.2) is 77.7 Å². The Morgan fingerprint density at radius 2 is 1.56 bits per heavy atom. The van der Waals surface area contributed by atoms with Crippen molar-refractivity contribution in [3.63, 3.8) is 0 Å². The lowest BCUT2D eigenvalue weighted by Gasteiger charge is -2.21. The zero-order valence-electron chi connectivity index (χ0n) is 18.5. The van der Waals surface area contributed by atoms with E-state index < -0.39 is 10.0 Å². The van der Waals surface area contributed by atoms with Gasteiger partial charge in [-0.1, -0.05) is 74.8 Å². The maximum Gasteiger partial charge on any atom is 0.261 e. The molecule has 2 N–H and O–H groups in total. The molecule has 168 valence electrons. The maximum absolute atomic E-state index is 12.7. The second-order valence-corrected chi connectivity index (χ2v) is 10.8. The van der Waals surface area contributed by atoms with Gasteiger partial charge in [0, 0.05) is 5.56 Å². The van der Waals surface area contributed by atoms with Crippen LogP contribution in [0.4, 0.5) is 5.69 Å². The van der Waals surface area contributed by atoms with Gasteiger partial charge in [0.1, 0.15) is 0 Å². The monoisotopic (exact) mass is 470 g/mol. The maximum atomic E-state index is 12.7. The van der Waals surface area contributed by atoms with Gasteiger partial charge in [0.05, 0.1) is 21.6 Å². The van der Waals surface area contributed by atoms with Gasteiger partial charge in [-0.25, -0.2) is 8.42 Å². The van der Waals surface area contributed by atoms with E-state index in [0.717, 1.165) is 5.56 Å². The third-order valence-electron chi connectivity index (χ3n) is 5.15. The van der Waals surface area contributed by atoms with Gasteiger partial charge in [-0.15, -0.1) is 0 Å². The molecule has 0 bridgehead atoms.